The van der Waals surface area contributed by atoms with Gasteiger partial charge in [0.05, 0.1) is 13.2 Å². The van der Waals surface area contributed by atoms with Crippen LogP contribution < -0.4 is 0 Å². The smallest absolute Gasteiger partial charge is 0.191 e. The molecule has 0 unspecified atom stereocenters. The molecule has 13 heavy (non-hydrogen) atoms. The lowest BCUT2D eigenvalue weighted by molar-refractivity contribution is 0.0450. The summed E-state index contributed by atoms with van der Waals surface area (Å²) >= 11 is 0. The molecular weight excluding hydrogens is 196 g/mol. The number of aliphatic hydroxyl groups excluding tert-OH is 3. The Morgan fingerprint density at radius 3 is 1.46 bits per heavy atom. The van der Waals surface area contributed by atoms with Crippen molar-refractivity contribution in [1.29, 1.82) is 0 Å². The summed E-state index contributed by atoms with van der Waals surface area (Å²) in [5.41, 5.74) is 0. The van der Waals surface area contributed by atoms with Gasteiger partial charge in [-0.2, -0.15) is 0 Å². The van der Waals surface area contributed by atoms with E-state index < -0.39 is 15.9 Å². The van der Waals surface area contributed by atoms with Gasteiger partial charge in [0, 0.05) is 10.8 Å². The van der Waals surface area contributed by atoms with E-state index in [1.54, 1.807) is 0 Å². The quantitative estimate of drug-likeness (QED) is 0.554. The van der Waals surface area contributed by atoms with Gasteiger partial charge in [-0.05, 0) is 0 Å². The van der Waals surface area contributed by atoms with Crippen LogP contribution in [0.2, 0.25) is 0 Å². The molecule has 0 bridgehead atoms. The summed E-state index contributed by atoms with van der Waals surface area (Å²) in [5, 5.41) is 25.7. The molecule has 0 aromatic rings. The third kappa shape index (κ3) is 11.3. The molecule has 0 aliphatic rings. The molecule has 0 aromatic heterocycles. The summed E-state index contributed by atoms with van der Waals surface area (Å²) < 4.78 is 20.3. The second-order valence-electron chi connectivity index (χ2n) is 1.94. The third-order valence-electron chi connectivity index (χ3n) is 0.886. The molecule has 78 valence electrons. The molecule has 0 atom stereocenters. The van der Waals surface area contributed by atoms with Gasteiger partial charge < -0.3 is 15.3 Å². The van der Waals surface area contributed by atoms with E-state index in [0.29, 0.717) is 0 Å². The maximum Gasteiger partial charge on any atom is 0.191 e. The van der Waals surface area contributed by atoms with Gasteiger partial charge >= 0.3 is 0 Å². The highest BCUT2D eigenvalue weighted by molar-refractivity contribution is 7.97. The van der Waals surface area contributed by atoms with E-state index in [-0.39, 0.29) is 13.2 Å². The standard InChI is InChI=1S/C4H6O2S.C3H8O3/c1-3-7(5,6)4-2;4-1-3(6)2-5/h3-4H,1-2H2;3-6H,1-2H2. The number of aliphatic hydroxyl groups is 3. The van der Waals surface area contributed by atoms with E-state index in [4.69, 9.17) is 15.3 Å². The molecule has 5 nitrogen and oxygen atoms in total. The second-order valence-corrected chi connectivity index (χ2v) is 3.79. The highest BCUT2D eigenvalue weighted by atomic mass is 32.2. The summed E-state index contributed by atoms with van der Waals surface area (Å²) in [5.74, 6) is 0. The van der Waals surface area contributed by atoms with Gasteiger partial charge in [0.15, 0.2) is 9.84 Å². The molecule has 0 fully saturated rings. The molecule has 0 aliphatic heterocycles. The molecule has 0 spiro atoms. The van der Waals surface area contributed by atoms with E-state index in [1.165, 1.54) is 0 Å². The van der Waals surface area contributed by atoms with Crippen molar-refractivity contribution in [3.63, 3.8) is 0 Å². The number of sulfone groups is 1. The van der Waals surface area contributed by atoms with E-state index >= 15 is 0 Å². The van der Waals surface area contributed by atoms with E-state index in [0.717, 1.165) is 10.8 Å². The zero-order chi connectivity index (χ0) is 10.9. The topological polar surface area (TPSA) is 94.8 Å². The van der Waals surface area contributed by atoms with Crippen LogP contribution in [0.15, 0.2) is 24.0 Å². The number of hydrogen-bond donors (Lipinski definition) is 3. The van der Waals surface area contributed by atoms with Crippen molar-refractivity contribution in [2.75, 3.05) is 13.2 Å². The lowest BCUT2D eigenvalue weighted by Crippen LogP contribution is -2.15. The number of hydrogen-bond acceptors (Lipinski definition) is 5. The largest absolute Gasteiger partial charge is 0.394 e. The fourth-order valence-corrected chi connectivity index (χ4v) is 0.262. The summed E-state index contributed by atoms with van der Waals surface area (Å²) in [6.07, 6.45) is -0.954. The van der Waals surface area contributed by atoms with Crippen LogP contribution in [0.3, 0.4) is 0 Å². The predicted octanol–water partition coefficient (Wildman–Crippen LogP) is -0.980. The van der Waals surface area contributed by atoms with Crippen LogP contribution in [0.1, 0.15) is 0 Å². The number of rotatable bonds is 4. The van der Waals surface area contributed by atoms with Crippen molar-refractivity contribution >= 4 is 9.84 Å². The van der Waals surface area contributed by atoms with Gasteiger partial charge in [-0.15, -0.1) is 0 Å². The summed E-state index contributed by atoms with van der Waals surface area (Å²) in [6.45, 7) is 5.36. The van der Waals surface area contributed by atoms with E-state index in [2.05, 4.69) is 13.2 Å². The molecule has 3 N–H and O–H groups in total. The van der Waals surface area contributed by atoms with Crippen molar-refractivity contribution in [3.05, 3.63) is 24.0 Å². The minimum Gasteiger partial charge on any atom is -0.394 e. The molecule has 0 aliphatic carbocycles. The van der Waals surface area contributed by atoms with Crippen molar-refractivity contribution in [2.24, 2.45) is 0 Å². The maximum atomic E-state index is 10.1. The van der Waals surface area contributed by atoms with Gasteiger partial charge in [0.2, 0.25) is 0 Å². The minimum absolute atomic E-state index is 0.365. The first kappa shape index (κ1) is 14.8. The Hall–Kier alpha value is -0.690. The van der Waals surface area contributed by atoms with Crippen LogP contribution in [-0.2, 0) is 9.84 Å². The first-order valence-electron chi connectivity index (χ1n) is 3.33. The molecular formula is C7H14O5S. The zero-order valence-corrected chi connectivity index (χ0v) is 7.94. The fraction of sp³-hybridized carbons (Fsp3) is 0.429. The monoisotopic (exact) mass is 210 g/mol. The first-order valence-corrected chi connectivity index (χ1v) is 4.94. The van der Waals surface area contributed by atoms with Crippen LogP contribution in [0, 0.1) is 0 Å². The summed E-state index contributed by atoms with van der Waals surface area (Å²) in [7, 11) is -3.13. The molecule has 0 radical (unpaired) electrons. The van der Waals surface area contributed by atoms with Gasteiger partial charge in [0.25, 0.3) is 0 Å². The van der Waals surface area contributed by atoms with Crippen molar-refractivity contribution in [1.82, 2.24) is 0 Å². The molecule has 6 heteroatoms. The average molecular weight is 210 g/mol. The van der Waals surface area contributed by atoms with Crippen LogP contribution in [0.4, 0.5) is 0 Å². The molecule has 0 amide bonds. The predicted molar refractivity (Wildman–Crippen MR) is 49.5 cm³/mol. The van der Waals surface area contributed by atoms with Crippen LogP contribution >= 0.6 is 0 Å². The lowest BCUT2D eigenvalue weighted by atomic mass is 10.4. The van der Waals surface area contributed by atoms with Crippen molar-refractivity contribution < 1.29 is 23.7 Å². The SMILES string of the molecule is C=CS(=O)(=O)C=C.OCC(O)CO. The molecule has 0 saturated carbocycles. The van der Waals surface area contributed by atoms with Gasteiger partial charge in [-0.25, -0.2) is 8.42 Å². The Morgan fingerprint density at radius 1 is 1.15 bits per heavy atom. The van der Waals surface area contributed by atoms with Crippen LogP contribution in [0.5, 0.6) is 0 Å². The summed E-state index contributed by atoms with van der Waals surface area (Å²) in [6, 6.07) is 0. The average Bonchev–Trinajstić information content (AvgIpc) is 2.17. The first-order chi connectivity index (χ1) is 5.93. The minimum atomic E-state index is -3.13. The second kappa shape index (κ2) is 7.93. The molecule has 0 rings (SSSR count). The van der Waals surface area contributed by atoms with Gasteiger partial charge in [0.1, 0.15) is 6.10 Å². The van der Waals surface area contributed by atoms with Crippen LogP contribution in [-0.4, -0.2) is 43.1 Å². The lowest BCUT2D eigenvalue weighted by Gasteiger charge is -1.96. The summed E-state index contributed by atoms with van der Waals surface area (Å²) in [4.78, 5) is 0. The molecule has 0 heterocycles. The highest BCUT2D eigenvalue weighted by Gasteiger charge is 1.93. The highest BCUT2D eigenvalue weighted by Crippen LogP contribution is 1.87. The van der Waals surface area contributed by atoms with E-state index in [1.807, 2.05) is 0 Å². The molecule has 0 saturated heterocycles. The van der Waals surface area contributed by atoms with Crippen LogP contribution in [0.25, 0.3) is 0 Å². The van der Waals surface area contributed by atoms with Gasteiger partial charge in [-0.3, -0.25) is 0 Å². The van der Waals surface area contributed by atoms with Crippen molar-refractivity contribution in [2.45, 2.75) is 6.10 Å². The Morgan fingerprint density at radius 2 is 1.46 bits per heavy atom. The van der Waals surface area contributed by atoms with Crippen molar-refractivity contribution in [3.8, 4) is 0 Å². The Labute approximate surface area is 77.6 Å². The zero-order valence-electron chi connectivity index (χ0n) is 7.13. The van der Waals surface area contributed by atoms with E-state index in [9.17, 15) is 8.42 Å². The normalized spacial score (nSPS) is 10.2. The fourth-order valence-electron chi connectivity index (χ4n) is 0.126. The maximum absolute atomic E-state index is 10.1. The Kier molecular flexibility index (Phi) is 9.04. The Balaban J connectivity index is 0. The Bertz CT molecular complexity index is 213. The third-order valence-corrected chi connectivity index (χ3v) is 1.82. The molecule has 0 aromatic carbocycles. The van der Waals surface area contributed by atoms with Gasteiger partial charge in [-0.1, -0.05) is 13.2 Å².